The van der Waals surface area contributed by atoms with Crippen LogP contribution in [-0.4, -0.2) is 17.1 Å². The fraction of sp³-hybridized carbons (Fsp3) is 0.583. The normalized spacial score (nSPS) is 26.3. The van der Waals surface area contributed by atoms with Gasteiger partial charge < -0.3 is 11.1 Å². The lowest BCUT2D eigenvalue weighted by Gasteiger charge is -2.29. The van der Waals surface area contributed by atoms with E-state index in [1.807, 2.05) is 25.1 Å². The predicted octanol–water partition coefficient (Wildman–Crippen LogP) is 2.07. The minimum absolute atomic E-state index is 0.279. The number of pyridine rings is 1. The third-order valence-electron chi connectivity index (χ3n) is 3.04. The molecule has 0 unspecified atom stereocenters. The molecule has 1 aliphatic carbocycles. The molecule has 0 radical (unpaired) electrons. The Morgan fingerprint density at radius 1 is 1.33 bits per heavy atom. The van der Waals surface area contributed by atoms with Crippen molar-refractivity contribution in [3.63, 3.8) is 0 Å². The highest BCUT2D eigenvalue weighted by atomic mass is 15.0. The second kappa shape index (κ2) is 4.62. The lowest BCUT2D eigenvalue weighted by molar-refractivity contribution is 0.403. The fourth-order valence-electron chi connectivity index (χ4n) is 2.15. The van der Waals surface area contributed by atoms with E-state index >= 15 is 0 Å². The van der Waals surface area contributed by atoms with Gasteiger partial charge in [-0.25, -0.2) is 4.98 Å². The number of anilines is 1. The Hall–Kier alpha value is -1.09. The van der Waals surface area contributed by atoms with Crippen LogP contribution in [-0.2, 0) is 0 Å². The average Bonchev–Trinajstić information content (AvgIpc) is 2.22. The highest BCUT2D eigenvalue weighted by Gasteiger charge is 2.21. The number of aromatic nitrogens is 1. The molecular weight excluding hydrogens is 186 g/mol. The van der Waals surface area contributed by atoms with Crippen LogP contribution in [0.2, 0.25) is 0 Å². The highest BCUT2D eigenvalue weighted by Crippen LogP contribution is 2.20. The summed E-state index contributed by atoms with van der Waals surface area (Å²) in [5.41, 5.74) is 7.12. The van der Waals surface area contributed by atoms with Crippen molar-refractivity contribution in [2.75, 3.05) is 5.32 Å². The molecule has 0 spiro atoms. The van der Waals surface area contributed by atoms with Gasteiger partial charge in [0.25, 0.3) is 0 Å². The number of hydrogen-bond acceptors (Lipinski definition) is 3. The van der Waals surface area contributed by atoms with Gasteiger partial charge in [-0.05, 0) is 31.9 Å². The molecular formula is C12H19N3. The Kier molecular flexibility index (Phi) is 3.21. The molecule has 0 saturated heterocycles. The monoisotopic (exact) mass is 205 g/mol. The predicted molar refractivity (Wildman–Crippen MR) is 62.8 cm³/mol. The van der Waals surface area contributed by atoms with Gasteiger partial charge >= 0.3 is 0 Å². The smallest absolute Gasteiger partial charge is 0.126 e. The molecule has 15 heavy (non-hydrogen) atoms. The van der Waals surface area contributed by atoms with Crippen molar-refractivity contribution in [2.24, 2.45) is 5.73 Å². The minimum Gasteiger partial charge on any atom is -0.366 e. The van der Waals surface area contributed by atoms with E-state index in [9.17, 15) is 0 Å². The van der Waals surface area contributed by atoms with Crippen LogP contribution in [0.5, 0.6) is 0 Å². The Morgan fingerprint density at radius 3 is 2.87 bits per heavy atom. The summed E-state index contributed by atoms with van der Waals surface area (Å²) in [7, 11) is 0. The van der Waals surface area contributed by atoms with E-state index in [1.54, 1.807) is 0 Å². The van der Waals surface area contributed by atoms with Crippen LogP contribution in [0.15, 0.2) is 18.2 Å². The van der Waals surface area contributed by atoms with Gasteiger partial charge in [-0.15, -0.1) is 0 Å². The van der Waals surface area contributed by atoms with Crippen molar-refractivity contribution in [3.05, 3.63) is 23.9 Å². The molecule has 82 valence electrons. The molecule has 1 aromatic rings. The third kappa shape index (κ3) is 2.69. The number of nitrogens with zero attached hydrogens (tertiary/aromatic N) is 1. The zero-order valence-corrected chi connectivity index (χ0v) is 9.24. The number of rotatable bonds is 2. The van der Waals surface area contributed by atoms with Crippen molar-refractivity contribution in [1.82, 2.24) is 4.98 Å². The Balaban J connectivity index is 2.01. The maximum absolute atomic E-state index is 6.07. The summed E-state index contributed by atoms with van der Waals surface area (Å²) in [5.74, 6) is 0.956. The van der Waals surface area contributed by atoms with Crippen LogP contribution < -0.4 is 11.1 Å². The van der Waals surface area contributed by atoms with Gasteiger partial charge in [0.05, 0.1) is 0 Å². The molecule has 3 N–H and O–H groups in total. The van der Waals surface area contributed by atoms with Gasteiger partial charge in [-0.2, -0.15) is 0 Å². The van der Waals surface area contributed by atoms with Gasteiger partial charge in [-0.3, -0.25) is 0 Å². The van der Waals surface area contributed by atoms with E-state index in [0.717, 1.165) is 24.4 Å². The largest absolute Gasteiger partial charge is 0.366 e. The van der Waals surface area contributed by atoms with E-state index in [-0.39, 0.29) is 6.04 Å². The third-order valence-corrected chi connectivity index (χ3v) is 3.04. The van der Waals surface area contributed by atoms with Crippen molar-refractivity contribution < 1.29 is 0 Å². The van der Waals surface area contributed by atoms with Gasteiger partial charge in [-0.1, -0.05) is 18.9 Å². The zero-order valence-electron chi connectivity index (χ0n) is 9.24. The van der Waals surface area contributed by atoms with Crippen LogP contribution in [0.25, 0.3) is 0 Å². The highest BCUT2D eigenvalue weighted by molar-refractivity contribution is 5.36. The first-order valence-corrected chi connectivity index (χ1v) is 5.71. The maximum Gasteiger partial charge on any atom is 0.126 e. The van der Waals surface area contributed by atoms with E-state index < -0.39 is 0 Å². The quantitative estimate of drug-likeness (QED) is 0.777. The second-order valence-electron chi connectivity index (χ2n) is 4.36. The molecule has 1 fully saturated rings. The van der Waals surface area contributed by atoms with Crippen LogP contribution in [0.3, 0.4) is 0 Å². The summed E-state index contributed by atoms with van der Waals surface area (Å²) in [6.45, 7) is 2.01. The fourth-order valence-corrected chi connectivity index (χ4v) is 2.15. The first-order chi connectivity index (χ1) is 7.25. The van der Waals surface area contributed by atoms with Crippen molar-refractivity contribution >= 4 is 5.82 Å². The molecule has 3 nitrogen and oxygen atoms in total. The Bertz CT molecular complexity index is 324. The van der Waals surface area contributed by atoms with Crippen LogP contribution in [0, 0.1) is 6.92 Å². The lowest BCUT2D eigenvalue weighted by atomic mass is 9.91. The SMILES string of the molecule is Cc1cccc(N[C@H]2CCCC[C@H]2N)n1. The summed E-state index contributed by atoms with van der Waals surface area (Å²) in [4.78, 5) is 4.44. The topological polar surface area (TPSA) is 50.9 Å². The first-order valence-electron chi connectivity index (χ1n) is 5.71. The van der Waals surface area contributed by atoms with Gasteiger partial charge in [0.15, 0.2) is 0 Å². The molecule has 2 rings (SSSR count). The maximum atomic E-state index is 6.07. The summed E-state index contributed by atoms with van der Waals surface area (Å²) in [5, 5.41) is 3.44. The summed E-state index contributed by atoms with van der Waals surface area (Å²) < 4.78 is 0. The van der Waals surface area contributed by atoms with Crippen molar-refractivity contribution in [2.45, 2.75) is 44.7 Å². The van der Waals surface area contributed by atoms with E-state index in [4.69, 9.17) is 5.73 Å². The molecule has 0 bridgehead atoms. The van der Waals surface area contributed by atoms with Crippen LogP contribution >= 0.6 is 0 Å². The summed E-state index contributed by atoms with van der Waals surface area (Å²) in [6.07, 6.45) is 4.83. The second-order valence-corrected chi connectivity index (χ2v) is 4.36. The van der Waals surface area contributed by atoms with Crippen LogP contribution in [0.1, 0.15) is 31.4 Å². The standard InChI is InChI=1S/C12H19N3/c1-9-5-4-8-12(14-9)15-11-7-3-2-6-10(11)13/h4-5,8,10-11H,2-3,6-7,13H2,1H3,(H,14,15)/t10-,11+/m1/s1. The Morgan fingerprint density at radius 2 is 2.13 bits per heavy atom. The molecule has 3 heteroatoms. The van der Waals surface area contributed by atoms with Gasteiger partial charge in [0.1, 0.15) is 5.82 Å². The van der Waals surface area contributed by atoms with E-state index in [0.29, 0.717) is 6.04 Å². The summed E-state index contributed by atoms with van der Waals surface area (Å²) in [6, 6.07) is 6.72. The van der Waals surface area contributed by atoms with Crippen LogP contribution in [0.4, 0.5) is 5.82 Å². The van der Waals surface area contributed by atoms with Gasteiger partial charge in [0, 0.05) is 17.8 Å². The number of nitrogens with two attached hydrogens (primary N) is 1. The van der Waals surface area contributed by atoms with E-state index in [1.165, 1.54) is 12.8 Å². The molecule has 1 aliphatic rings. The molecule has 1 saturated carbocycles. The molecule has 1 heterocycles. The molecule has 1 aromatic heterocycles. The molecule has 0 aromatic carbocycles. The molecule has 2 atom stereocenters. The first kappa shape index (κ1) is 10.4. The average molecular weight is 205 g/mol. The number of aryl methyl sites for hydroxylation is 1. The van der Waals surface area contributed by atoms with Crippen molar-refractivity contribution in [1.29, 1.82) is 0 Å². The molecule has 0 aliphatic heterocycles. The number of nitrogens with one attached hydrogen (secondary N) is 1. The van der Waals surface area contributed by atoms with Crippen molar-refractivity contribution in [3.8, 4) is 0 Å². The van der Waals surface area contributed by atoms with E-state index in [2.05, 4.69) is 10.3 Å². The minimum atomic E-state index is 0.279. The zero-order chi connectivity index (χ0) is 10.7. The summed E-state index contributed by atoms with van der Waals surface area (Å²) >= 11 is 0. The number of hydrogen-bond donors (Lipinski definition) is 2. The molecule has 0 amide bonds. The lowest BCUT2D eigenvalue weighted by Crippen LogP contribution is -2.42. The Labute approximate surface area is 91.1 Å². The van der Waals surface area contributed by atoms with Gasteiger partial charge in [0.2, 0.25) is 0 Å².